The van der Waals surface area contributed by atoms with E-state index in [2.05, 4.69) is 15.0 Å². The molecule has 168 valence electrons. The minimum absolute atomic E-state index is 0.0171. The van der Waals surface area contributed by atoms with Crippen LogP contribution in [0.1, 0.15) is 12.5 Å². The quantitative estimate of drug-likeness (QED) is 0.541. The molecule has 0 atom stereocenters. The van der Waals surface area contributed by atoms with Crippen LogP contribution >= 0.6 is 0 Å². The third kappa shape index (κ3) is 5.93. The van der Waals surface area contributed by atoms with Gasteiger partial charge in [0.2, 0.25) is 11.8 Å². The maximum atomic E-state index is 12.7. The Balaban J connectivity index is 1.65. The van der Waals surface area contributed by atoms with Gasteiger partial charge in [0.05, 0.1) is 23.7 Å². The average Bonchev–Trinajstić information content (AvgIpc) is 2.77. The Morgan fingerprint density at radius 2 is 1.72 bits per heavy atom. The number of amides is 1. The van der Waals surface area contributed by atoms with Crippen LogP contribution in [-0.2, 0) is 11.0 Å². The summed E-state index contributed by atoms with van der Waals surface area (Å²) in [4.78, 5) is 27.3. The van der Waals surface area contributed by atoms with Crippen molar-refractivity contribution in [3.63, 3.8) is 0 Å². The summed E-state index contributed by atoms with van der Waals surface area (Å²) in [6.45, 7) is 2.62. The Morgan fingerprint density at radius 3 is 2.31 bits per heavy atom. The highest BCUT2D eigenvalue weighted by molar-refractivity contribution is 5.72. The number of pyridine rings is 1. The maximum Gasteiger partial charge on any atom is 0.417 e. The lowest BCUT2D eigenvalue weighted by molar-refractivity contribution is -0.137. The van der Waals surface area contributed by atoms with Crippen LogP contribution in [0.5, 0.6) is 11.6 Å². The number of hydrogen-bond donors (Lipinski definition) is 0. The van der Waals surface area contributed by atoms with Gasteiger partial charge in [0.1, 0.15) is 5.75 Å². The van der Waals surface area contributed by atoms with Gasteiger partial charge < -0.3 is 14.5 Å². The molecule has 0 saturated heterocycles. The summed E-state index contributed by atoms with van der Waals surface area (Å²) in [5.74, 6) is 1.35. The van der Waals surface area contributed by atoms with E-state index in [1.165, 1.54) is 19.2 Å². The number of anilines is 1. The van der Waals surface area contributed by atoms with Gasteiger partial charge in [-0.1, -0.05) is 0 Å². The number of ether oxygens (including phenoxy) is 1. The normalized spacial score (nSPS) is 11.2. The number of halogens is 3. The van der Waals surface area contributed by atoms with Crippen LogP contribution in [0.4, 0.5) is 19.0 Å². The number of likely N-dealkylation sites (N-methyl/N-ethyl adjacent to an activating group) is 2. The second-order valence-corrected chi connectivity index (χ2v) is 7.13. The Labute approximate surface area is 183 Å². The van der Waals surface area contributed by atoms with Crippen molar-refractivity contribution < 1.29 is 22.7 Å². The molecule has 10 heteroatoms. The lowest BCUT2D eigenvalue weighted by atomic mass is 10.1. The third-order valence-electron chi connectivity index (χ3n) is 4.76. The summed E-state index contributed by atoms with van der Waals surface area (Å²) in [7, 11) is 3.57. The smallest absolute Gasteiger partial charge is 0.417 e. The zero-order valence-electron chi connectivity index (χ0n) is 17.8. The molecule has 0 aliphatic rings. The third-order valence-corrected chi connectivity index (χ3v) is 4.76. The van der Waals surface area contributed by atoms with E-state index in [1.54, 1.807) is 42.4 Å². The van der Waals surface area contributed by atoms with Crippen molar-refractivity contribution in [3.05, 3.63) is 60.6 Å². The fourth-order valence-electron chi connectivity index (χ4n) is 2.69. The van der Waals surface area contributed by atoms with Gasteiger partial charge in [-0.2, -0.15) is 18.2 Å². The van der Waals surface area contributed by atoms with Gasteiger partial charge in [-0.15, -0.1) is 0 Å². The molecule has 7 nitrogen and oxygen atoms in total. The molecule has 3 rings (SSSR count). The lowest BCUT2D eigenvalue weighted by Gasteiger charge is -2.22. The zero-order chi connectivity index (χ0) is 23.3. The molecule has 0 bridgehead atoms. The first kappa shape index (κ1) is 23.0. The highest BCUT2D eigenvalue weighted by Gasteiger charge is 2.30. The van der Waals surface area contributed by atoms with E-state index in [9.17, 15) is 18.0 Å². The highest BCUT2D eigenvalue weighted by atomic mass is 19.4. The number of carbonyl (C=O) groups is 1. The van der Waals surface area contributed by atoms with E-state index < -0.39 is 11.7 Å². The lowest BCUT2D eigenvalue weighted by Crippen LogP contribution is -2.33. The molecule has 0 unspecified atom stereocenters. The first-order chi connectivity index (χ1) is 15.1. The molecule has 3 aromatic rings. The van der Waals surface area contributed by atoms with Crippen molar-refractivity contribution in [3.8, 4) is 22.9 Å². The molecule has 32 heavy (non-hydrogen) atoms. The zero-order valence-corrected chi connectivity index (χ0v) is 17.8. The second-order valence-electron chi connectivity index (χ2n) is 7.13. The van der Waals surface area contributed by atoms with E-state index >= 15 is 0 Å². The molecule has 2 aromatic heterocycles. The van der Waals surface area contributed by atoms with Crippen molar-refractivity contribution in [1.29, 1.82) is 0 Å². The van der Waals surface area contributed by atoms with Gasteiger partial charge in [0.15, 0.2) is 5.82 Å². The summed E-state index contributed by atoms with van der Waals surface area (Å²) in [5.41, 5.74) is 0.279. The minimum Gasteiger partial charge on any atom is -0.437 e. The molecular weight excluding hydrogens is 423 g/mol. The summed E-state index contributed by atoms with van der Waals surface area (Å²) >= 11 is 0. The van der Waals surface area contributed by atoms with Gasteiger partial charge in [-0.3, -0.25) is 14.8 Å². The molecule has 0 spiro atoms. The predicted octanol–water partition coefficient (Wildman–Crippen LogP) is 4.26. The van der Waals surface area contributed by atoms with Crippen LogP contribution in [0.15, 0.2) is 55.0 Å². The molecular formula is C22H22F3N5O2. The van der Waals surface area contributed by atoms with Gasteiger partial charge >= 0.3 is 6.18 Å². The van der Waals surface area contributed by atoms with Crippen LogP contribution in [0, 0.1) is 0 Å². The number of hydrogen-bond acceptors (Lipinski definition) is 6. The number of carbonyl (C=O) groups excluding carboxylic acids is 1. The summed E-state index contributed by atoms with van der Waals surface area (Å²) in [5, 5.41) is 0. The molecule has 0 radical (unpaired) electrons. The van der Waals surface area contributed by atoms with Gasteiger partial charge in [-0.05, 0) is 36.4 Å². The number of nitrogens with zero attached hydrogens (tertiary/aromatic N) is 5. The number of aromatic nitrogens is 3. The summed E-state index contributed by atoms with van der Waals surface area (Å²) in [6.07, 6.45) is -0.536. The molecule has 2 heterocycles. The van der Waals surface area contributed by atoms with Crippen molar-refractivity contribution in [2.75, 3.05) is 32.1 Å². The predicted molar refractivity (Wildman–Crippen MR) is 113 cm³/mol. The van der Waals surface area contributed by atoms with Crippen LogP contribution < -0.4 is 9.64 Å². The number of alkyl halides is 3. The molecule has 0 N–H and O–H groups in total. The highest BCUT2D eigenvalue weighted by Crippen LogP contribution is 2.30. The van der Waals surface area contributed by atoms with E-state index in [1.807, 2.05) is 11.9 Å². The van der Waals surface area contributed by atoms with E-state index in [4.69, 9.17) is 4.74 Å². The van der Waals surface area contributed by atoms with Crippen molar-refractivity contribution in [2.45, 2.75) is 13.1 Å². The Hall–Kier alpha value is -3.69. The largest absolute Gasteiger partial charge is 0.437 e. The van der Waals surface area contributed by atoms with E-state index in [0.717, 1.165) is 12.3 Å². The van der Waals surface area contributed by atoms with Crippen LogP contribution in [0.2, 0.25) is 0 Å². The first-order valence-electron chi connectivity index (χ1n) is 9.70. The molecule has 0 saturated carbocycles. The van der Waals surface area contributed by atoms with Crippen LogP contribution in [0.3, 0.4) is 0 Å². The summed E-state index contributed by atoms with van der Waals surface area (Å²) < 4.78 is 43.8. The van der Waals surface area contributed by atoms with Crippen LogP contribution in [-0.4, -0.2) is 52.9 Å². The Kier molecular flexibility index (Phi) is 6.92. The monoisotopic (exact) mass is 445 g/mol. The molecule has 1 amide bonds. The van der Waals surface area contributed by atoms with Gasteiger partial charge in [0.25, 0.3) is 0 Å². The standard InChI is InChI=1S/C22H22F3N5O2/c1-15(31)29(2)10-11-30(3)20-13-26-14-21(28-20)32-18-7-4-16(5-8-18)19-9-6-17(12-27-19)22(23,24)25/h4-9,12-14H,10-11H2,1-3H3. The van der Waals surface area contributed by atoms with Crippen molar-refractivity contribution in [1.82, 2.24) is 19.9 Å². The number of benzene rings is 1. The Bertz CT molecular complexity index is 1060. The minimum atomic E-state index is -4.42. The SMILES string of the molecule is CC(=O)N(C)CCN(C)c1cncc(Oc2ccc(-c3ccc(C(F)(F)F)cn3)cc2)n1. The molecule has 0 aliphatic heterocycles. The topological polar surface area (TPSA) is 71.5 Å². The van der Waals surface area contributed by atoms with Gasteiger partial charge in [-0.25, -0.2) is 0 Å². The fourth-order valence-corrected chi connectivity index (χ4v) is 2.69. The summed E-state index contributed by atoms with van der Waals surface area (Å²) in [6, 6.07) is 9.08. The number of rotatable bonds is 7. The van der Waals surface area contributed by atoms with Gasteiger partial charge in [0, 0.05) is 45.9 Å². The molecule has 0 fully saturated rings. The van der Waals surface area contributed by atoms with Crippen molar-refractivity contribution in [2.24, 2.45) is 0 Å². The molecule has 0 aliphatic carbocycles. The average molecular weight is 445 g/mol. The van der Waals surface area contributed by atoms with E-state index in [0.29, 0.717) is 35.9 Å². The van der Waals surface area contributed by atoms with E-state index in [-0.39, 0.29) is 11.8 Å². The van der Waals surface area contributed by atoms with Crippen molar-refractivity contribution >= 4 is 11.7 Å². The van der Waals surface area contributed by atoms with Crippen LogP contribution in [0.25, 0.3) is 11.3 Å². The molecule has 1 aromatic carbocycles. The maximum absolute atomic E-state index is 12.7. The first-order valence-corrected chi connectivity index (χ1v) is 9.70. The Morgan fingerprint density at radius 1 is 1.00 bits per heavy atom. The second kappa shape index (κ2) is 9.63. The fraction of sp³-hybridized carbons (Fsp3) is 0.273.